The maximum atomic E-state index is 10.8. The summed E-state index contributed by atoms with van der Waals surface area (Å²) in [5.41, 5.74) is 0. The van der Waals surface area contributed by atoms with Gasteiger partial charge in [0.05, 0.1) is 0 Å². The lowest BCUT2D eigenvalue weighted by Crippen LogP contribution is -2.29. The van der Waals surface area contributed by atoms with Crippen LogP contribution < -0.4 is 5.32 Å². The maximum absolute atomic E-state index is 10.8. The van der Waals surface area contributed by atoms with Gasteiger partial charge in [0.1, 0.15) is 5.25 Å². The monoisotopic (exact) mass is 163 g/mol. The molecule has 1 atom stereocenters. The van der Waals surface area contributed by atoms with Crippen molar-refractivity contribution in [1.82, 2.24) is 5.32 Å². The Bertz CT molecular complexity index is 244. The van der Waals surface area contributed by atoms with Gasteiger partial charge in [-0.1, -0.05) is 0 Å². The molecule has 4 nitrogen and oxygen atoms in total. The van der Waals surface area contributed by atoms with Crippen LogP contribution in [0.1, 0.15) is 6.42 Å². The zero-order valence-electron chi connectivity index (χ0n) is 5.62. The van der Waals surface area contributed by atoms with Gasteiger partial charge in [-0.2, -0.15) is 0 Å². The van der Waals surface area contributed by atoms with Crippen LogP contribution >= 0.6 is 0 Å². The number of carbonyl (C=O) groups excluding carboxylic acids is 1. The number of hydrogen-bond acceptors (Lipinski definition) is 3. The maximum Gasteiger partial charge on any atom is 0.238 e. The third-order valence-electron chi connectivity index (χ3n) is 1.52. The zero-order chi connectivity index (χ0) is 7.78. The summed E-state index contributed by atoms with van der Waals surface area (Å²) in [6.45, 7) is 0.483. The van der Waals surface area contributed by atoms with Crippen LogP contribution in [0.3, 0.4) is 0 Å². The molecule has 1 fully saturated rings. The van der Waals surface area contributed by atoms with E-state index in [2.05, 4.69) is 5.32 Å². The van der Waals surface area contributed by atoms with E-state index in [1.165, 1.54) is 0 Å². The average Bonchev–Trinajstić information content (AvgIpc) is 2.11. The second-order valence-corrected chi connectivity index (χ2v) is 4.63. The van der Waals surface area contributed by atoms with Gasteiger partial charge in [0.25, 0.3) is 0 Å². The van der Waals surface area contributed by atoms with E-state index in [1.54, 1.807) is 0 Å². The van der Waals surface area contributed by atoms with Gasteiger partial charge in [-0.25, -0.2) is 8.42 Å². The summed E-state index contributed by atoms with van der Waals surface area (Å²) in [6, 6.07) is 0. The lowest BCUT2D eigenvalue weighted by molar-refractivity contribution is -0.118. The smallest absolute Gasteiger partial charge is 0.238 e. The molecule has 0 spiro atoms. The normalized spacial score (nSPS) is 26.5. The standard InChI is InChI=1S/C5H9NO3S/c1-10(8,9)4-2-3-6-5(4)7/h4H,2-3H2,1H3,(H,6,7)/t4-/m1/s1. The molecule has 5 heteroatoms. The Labute approximate surface area is 59.5 Å². The largest absolute Gasteiger partial charge is 0.355 e. The molecule has 58 valence electrons. The van der Waals surface area contributed by atoms with Gasteiger partial charge in [-0.3, -0.25) is 4.79 Å². The van der Waals surface area contributed by atoms with Crippen molar-refractivity contribution in [3.8, 4) is 0 Å². The molecule has 0 aromatic rings. The number of rotatable bonds is 1. The van der Waals surface area contributed by atoms with Crippen LogP contribution in [0.2, 0.25) is 0 Å². The van der Waals surface area contributed by atoms with Gasteiger partial charge in [-0.05, 0) is 6.42 Å². The highest BCUT2D eigenvalue weighted by Crippen LogP contribution is 2.08. The number of amides is 1. The molecule has 1 N–H and O–H groups in total. The quantitative estimate of drug-likeness (QED) is 0.534. The van der Waals surface area contributed by atoms with Crippen molar-refractivity contribution >= 4 is 15.7 Å². The second-order valence-electron chi connectivity index (χ2n) is 2.40. The summed E-state index contributed by atoms with van der Waals surface area (Å²) < 4.78 is 21.6. The van der Waals surface area contributed by atoms with Crippen molar-refractivity contribution in [1.29, 1.82) is 0 Å². The predicted molar refractivity (Wildman–Crippen MR) is 36.3 cm³/mol. The van der Waals surface area contributed by atoms with E-state index in [0.717, 1.165) is 6.26 Å². The molecule has 0 radical (unpaired) electrons. The van der Waals surface area contributed by atoms with Gasteiger partial charge < -0.3 is 5.32 Å². The minimum atomic E-state index is -3.16. The fraction of sp³-hybridized carbons (Fsp3) is 0.800. The topological polar surface area (TPSA) is 63.2 Å². The molecule has 0 aliphatic carbocycles. The van der Waals surface area contributed by atoms with Crippen molar-refractivity contribution in [2.45, 2.75) is 11.7 Å². The Hall–Kier alpha value is -0.580. The highest BCUT2D eigenvalue weighted by molar-refractivity contribution is 7.92. The second kappa shape index (κ2) is 2.23. The molecule has 0 bridgehead atoms. The summed E-state index contributed by atoms with van der Waals surface area (Å²) in [5, 5.41) is 1.66. The van der Waals surface area contributed by atoms with Crippen molar-refractivity contribution in [3.63, 3.8) is 0 Å². The number of sulfone groups is 1. The van der Waals surface area contributed by atoms with Crippen LogP contribution in [0.5, 0.6) is 0 Å². The van der Waals surface area contributed by atoms with E-state index in [4.69, 9.17) is 0 Å². The Morgan fingerprint density at radius 3 is 2.40 bits per heavy atom. The van der Waals surface area contributed by atoms with Crippen molar-refractivity contribution in [3.05, 3.63) is 0 Å². The molecular formula is C5H9NO3S. The molecule has 0 unspecified atom stereocenters. The minimum absolute atomic E-state index is 0.359. The Kier molecular flexibility index (Phi) is 1.68. The molecule has 0 aromatic heterocycles. The van der Waals surface area contributed by atoms with Crippen LogP contribution in [0.25, 0.3) is 0 Å². The Balaban J connectivity index is 2.84. The number of carbonyl (C=O) groups is 1. The molecule has 1 aliphatic rings. The average molecular weight is 163 g/mol. The first-order valence-corrected chi connectivity index (χ1v) is 4.94. The van der Waals surface area contributed by atoms with E-state index < -0.39 is 15.1 Å². The van der Waals surface area contributed by atoms with E-state index in [1.807, 2.05) is 0 Å². The predicted octanol–water partition coefficient (Wildman–Crippen LogP) is -1.08. The fourth-order valence-corrected chi connectivity index (χ4v) is 2.00. The van der Waals surface area contributed by atoms with Gasteiger partial charge in [-0.15, -0.1) is 0 Å². The first kappa shape index (κ1) is 7.53. The third-order valence-corrected chi connectivity index (χ3v) is 3.00. The molecule has 1 saturated heterocycles. The highest BCUT2D eigenvalue weighted by Gasteiger charge is 2.32. The van der Waals surface area contributed by atoms with Gasteiger partial charge in [0.15, 0.2) is 9.84 Å². The SMILES string of the molecule is CS(=O)(=O)[C@@H]1CCNC1=O. The summed E-state index contributed by atoms with van der Waals surface area (Å²) in [5.74, 6) is -0.359. The number of nitrogens with one attached hydrogen (secondary N) is 1. The van der Waals surface area contributed by atoms with Crippen LogP contribution in [0, 0.1) is 0 Å². The van der Waals surface area contributed by atoms with E-state index in [9.17, 15) is 13.2 Å². The van der Waals surface area contributed by atoms with Gasteiger partial charge in [0.2, 0.25) is 5.91 Å². The van der Waals surface area contributed by atoms with Crippen LogP contribution in [0.4, 0.5) is 0 Å². The molecule has 10 heavy (non-hydrogen) atoms. The number of hydrogen-bond donors (Lipinski definition) is 1. The molecule has 1 aliphatic heterocycles. The van der Waals surface area contributed by atoms with Crippen molar-refractivity contribution in [2.75, 3.05) is 12.8 Å². The lowest BCUT2D eigenvalue weighted by atomic mass is 10.4. The first-order chi connectivity index (χ1) is 4.52. The Morgan fingerprint density at radius 2 is 2.20 bits per heavy atom. The van der Waals surface area contributed by atoms with Crippen molar-refractivity contribution in [2.24, 2.45) is 0 Å². The fourth-order valence-electron chi connectivity index (χ4n) is 0.980. The summed E-state index contributed by atoms with van der Waals surface area (Å²) in [7, 11) is -3.16. The molecule has 1 heterocycles. The summed E-state index contributed by atoms with van der Waals surface area (Å²) in [6.07, 6.45) is 1.50. The van der Waals surface area contributed by atoms with Gasteiger partial charge in [0, 0.05) is 12.8 Å². The van der Waals surface area contributed by atoms with Gasteiger partial charge >= 0.3 is 0 Å². The van der Waals surface area contributed by atoms with Crippen molar-refractivity contribution < 1.29 is 13.2 Å². The molecule has 0 saturated carbocycles. The molecule has 1 rings (SSSR count). The van der Waals surface area contributed by atoms with E-state index >= 15 is 0 Å². The summed E-state index contributed by atoms with van der Waals surface area (Å²) in [4.78, 5) is 10.7. The minimum Gasteiger partial charge on any atom is -0.355 e. The van der Waals surface area contributed by atoms with E-state index in [-0.39, 0.29) is 5.91 Å². The van der Waals surface area contributed by atoms with E-state index in [0.29, 0.717) is 13.0 Å². The van der Waals surface area contributed by atoms with Crippen LogP contribution in [-0.4, -0.2) is 32.4 Å². The molecular weight excluding hydrogens is 154 g/mol. The Morgan fingerprint density at radius 1 is 1.60 bits per heavy atom. The van der Waals surface area contributed by atoms with Crippen LogP contribution in [-0.2, 0) is 14.6 Å². The first-order valence-electron chi connectivity index (χ1n) is 2.98. The van der Waals surface area contributed by atoms with Crippen LogP contribution in [0.15, 0.2) is 0 Å². The highest BCUT2D eigenvalue weighted by atomic mass is 32.2. The third kappa shape index (κ3) is 1.29. The lowest BCUT2D eigenvalue weighted by Gasteiger charge is -2.00. The molecule has 1 amide bonds. The molecule has 0 aromatic carbocycles. The zero-order valence-corrected chi connectivity index (χ0v) is 6.44. The summed E-state index contributed by atoms with van der Waals surface area (Å²) >= 11 is 0.